The minimum Gasteiger partial charge on any atom is -0.357 e. The van der Waals surface area contributed by atoms with Crippen LogP contribution in [-0.4, -0.2) is 41.7 Å². The Morgan fingerprint density at radius 3 is 2.85 bits per heavy atom. The predicted molar refractivity (Wildman–Crippen MR) is 68.1 cm³/mol. The summed E-state index contributed by atoms with van der Waals surface area (Å²) < 4.78 is 6.33. The van der Waals surface area contributed by atoms with Gasteiger partial charge in [-0.25, -0.2) is 4.98 Å². The minimum atomic E-state index is 0.354. The normalized spacial score (nSPS) is 10.4. The molecule has 2 N–H and O–H groups in total. The van der Waals surface area contributed by atoms with Crippen LogP contribution in [0, 0.1) is 0 Å². The third-order valence-corrected chi connectivity index (χ3v) is 2.39. The van der Waals surface area contributed by atoms with E-state index in [-0.39, 0.29) is 0 Å². The van der Waals surface area contributed by atoms with Crippen molar-refractivity contribution in [3.8, 4) is 5.95 Å². The molecule has 0 atom stereocenters. The average Bonchev–Trinajstić information content (AvgIpc) is 3.17. The second-order valence-electron chi connectivity index (χ2n) is 3.70. The number of rotatable bonds is 5. The fourth-order valence-corrected chi connectivity index (χ4v) is 1.48. The predicted octanol–water partition coefficient (Wildman–Crippen LogP) is 0.0941. The molecule has 0 saturated carbocycles. The van der Waals surface area contributed by atoms with Crippen molar-refractivity contribution in [1.82, 2.24) is 34.6 Å². The van der Waals surface area contributed by atoms with E-state index in [4.69, 9.17) is 0 Å². The molecule has 102 valence electrons. The summed E-state index contributed by atoms with van der Waals surface area (Å²) in [4.78, 5) is 20.6. The fourth-order valence-electron chi connectivity index (χ4n) is 1.48. The SMILES string of the molecule is CNc1nc(NCc2ncon2)nc(-n2ccnc2)n1. The first-order chi connectivity index (χ1) is 9.85. The summed E-state index contributed by atoms with van der Waals surface area (Å²) >= 11 is 0. The molecule has 0 spiro atoms. The zero-order chi connectivity index (χ0) is 13.8. The van der Waals surface area contributed by atoms with E-state index in [0.29, 0.717) is 30.2 Å². The van der Waals surface area contributed by atoms with Crippen LogP contribution in [0.2, 0.25) is 0 Å². The molecular weight excluding hydrogens is 262 g/mol. The maximum Gasteiger partial charge on any atom is 0.241 e. The van der Waals surface area contributed by atoms with Crippen molar-refractivity contribution in [2.75, 3.05) is 17.7 Å². The van der Waals surface area contributed by atoms with E-state index in [2.05, 4.69) is 45.2 Å². The average molecular weight is 273 g/mol. The number of imidazole rings is 1. The molecule has 10 nitrogen and oxygen atoms in total. The van der Waals surface area contributed by atoms with Crippen LogP contribution in [0.1, 0.15) is 5.82 Å². The van der Waals surface area contributed by atoms with Gasteiger partial charge < -0.3 is 15.2 Å². The Balaban J connectivity index is 1.84. The molecule has 0 unspecified atom stereocenters. The second-order valence-corrected chi connectivity index (χ2v) is 3.70. The van der Waals surface area contributed by atoms with Crippen LogP contribution >= 0.6 is 0 Å². The Bertz CT molecular complexity index is 664. The molecule has 0 fully saturated rings. The molecule has 0 saturated heterocycles. The number of aromatic nitrogens is 7. The molecule has 0 aliphatic rings. The summed E-state index contributed by atoms with van der Waals surface area (Å²) in [6.07, 6.45) is 6.27. The number of anilines is 2. The second kappa shape index (κ2) is 5.30. The van der Waals surface area contributed by atoms with Gasteiger partial charge in [-0.2, -0.15) is 19.9 Å². The van der Waals surface area contributed by atoms with E-state index in [1.54, 1.807) is 30.3 Å². The summed E-state index contributed by atoms with van der Waals surface area (Å²) in [5, 5.41) is 9.58. The molecule has 20 heavy (non-hydrogen) atoms. The van der Waals surface area contributed by atoms with Crippen LogP contribution in [0.25, 0.3) is 5.95 Å². The van der Waals surface area contributed by atoms with E-state index in [1.165, 1.54) is 6.39 Å². The highest BCUT2D eigenvalue weighted by Crippen LogP contribution is 2.09. The highest BCUT2D eigenvalue weighted by Gasteiger charge is 2.08. The molecule has 3 aromatic heterocycles. The van der Waals surface area contributed by atoms with E-state index in [9.17, 15) is 0 Å². The quantitative estimate of drug-likeness (QED) is 0.666. The summed E-state index contributed by atoms with van der Waals surface area (Å²) in [6, 6.07) is 0. The van der Waals surface area contributed by atoms with Gasteiger partial charge in [0.05, 0.1) is 6.54 Å². The summed E-state index contributed by atoms with van der Waals surface area (Å²) in [6.45, 7) is 0.354. The van der Waals surface area contributed by atoms with Gasteiger partial charge in [-0.1, -0.05) is 5.16 Å². The molecule has 0 amide bonds. The first-order valence-electron chi connectivity index (χ1n) is 5.76. The highest BCUT2D eigenvalue weighted by atomic mass is 16.5. The third kappa shape index (κ3) is 2.53. The van der Waals surface area contributed by atoms with Gasteiger partial charge in [-0.05, 0) is 0 Å². The van der Waals surface area contributed by atoms with Crippen molar-refractivity contribution in [2.24, 2.45) is 0 Å². The molecule has 10 heteroatoms. The lowest BCUT2D eigenvalue weighted by Crippen LogP contribution is -2.11. The summed E-state index contributed by atoms with van der Waals surface area (Å²) in [5.41, 5.74) is 0. The van der Waals surface area contributed by atoms with E-state index in [1.807, 2.05) is 0 Å². The van der Waals surface area contributed by atoms with Crippen molar-refractivity contribution in [2.45, 2.75) is 6.54 Å². The maximum atomic E-state index is 4.65. The lowest BCUT2D eigenvalue weighted by atomic mass is 10.6. The molecule has 0 aromatic carbocycles. The van der Waals surface area contributed by atoms with Crippen LogP contribution in [0.15, 0.2) is 29.6 Å². The smallest absolute Gasteiger partial charge is 0.241 e. The summed E-state index contributed by atoms with van der Waals surface area (Å²) in [7, 11) is 1.73. The van der Waals surface area contributed by atoms with Gasteiger partial charge in [-0.15, -0.1) is 0 Å². The Morgan fingerprint density at radius 2 is 2.15 bits per heavy atom. The van der Waals surface area contributed by atoms with Crippen LogP contribution in [0.4, 0.5) is 11.9 Å². The van der Waals surface area contributed by atoms with Gasteiger partial charge in [0.25, 0.3) is 0 Å². The van der Waals surface area contributed by atoms with Gasteiger partial charge in [0, 0.05) is 19.4 Å². The lowest BCUT2D eigenvalue weighted by molar-refractivity contribution is 0.411. The zero-order valence-corrected chi connectivity index (χ0v) is 10.6. The summed E-state index contributed by atoms with van der Waals surface area (Å²) in [5.74, 6) is 1.82. The van der Waals surface area contributed by atoms with Gasteiger partial charge in [0.2, 0.25) is 24.2 Å². The maximum absolute atomic E-state index is 4.65. The Hall–Kier alpha value is -3.04. The molecule has 0 bridgehead atoms. The van der Waals surface area contributed by atoms with Crippen LogP contribution in [0.3, 0.4) is 0 Å². The van der Waals surface area contributed by atoms with Crippen LogP contribution < -0.4 is 10.6 Å². The zero-order valence-electron chi connectivity index (χ0n) is 10.6. The number of nitrogens with zero attached hydrogens (tertiary/aromatic N) is 7. The van der Waals surface area contributed by atoms with E-state index < -0.39 is 0 Å². The molecule has 0 radical (unpaired) electrons. The lowest BCUT2D eigenvalue weighted by Gasteiger charge is -2.07. The van der Waals surface area contributed by atoms with E-state index >= 15 is 0 Å². The number of nitrogens with one attached hydrogen (secondary N) is 2. The monoisotopic (exact) mass is 273 g/mol. The van der Waals surface area contributed by atoms with Crippen molar-refractivity contribution in [1.29, 1.82) is 0 Å². The van der Waals surface area contributed by atoms with Crippen LogP contribution in [-0.2, 0) is 6.54 Å². The van der Waals surface area contributed by atoms with Crippen LogP contribution in [0.5, 0.6) is 0 Å². The molecule has 3 aromatic rings. The minimum absolute atomic E-state index is 0.354. The third-order valence-electron chi connectivity index (χ3n) is 2.39. The molecular formula is C10H11N9O. The topological polar surface area (TPSA) is 119 Å². The number of hydrogen-bond donors (Lipinski definition) is 2. The van der Waals surface area contributed by atoms with Gasteiger partial charge >= 0.3 is 0 Å². The standard InChI is InChI=1S/C10H11N9O/c1-11-8-15-9(13-4-7-14-6-20-18-7)17-10(16-8)19-3-2-12-5-19/h2-3,5-6H,4H2,1H3,(H2,11,13,15,16,17). The van der Waals surface area contributed by atoms with Crippen molar-refractivity contribution in [3.63, 3.8) is 0 Å². The van der Waals surface area contributed by atoms with Gasteiger partial charge in [0.1, 0.15) is 6.33 Å². The molecule has 0 aliphatic heterocycles. The Kier molecular flexibility index (Phi) is 3.18. The largest absolute Gasteiger partial charge is 0.357 e. The van der Waals surface area contributed by atoms with E-state index in [0.717, 1.165) is 0 Å². The first kappa shape index (κ1) is 12.0. The van der Waals surface area contributed by atoms with Gasteiger partial charge in [0.15, 0.2) is 5.82 Å². The molecule has 3 rings (SSSR count). The van der Waals surface area contributed by atoms with Crippen molar-refractivity contribution in [3.05, 3.63) is 30.9 Å². The van der Waals surface area contributed by atoms with Crippen molar-refractivity contribution < 1.29 is 4.52 Å². The first-order valence-corrected chi connectivity index (χ1v) is 5.76. The molecule has 0 aliphatic carbocycles. The highest BCUT2D eigenvalue weighted by molar-refractivity contribution is 5.37. The van der Waals surface area contributed by atoms with Crippen molar-refractivity contribution >= 4 is 11.9 Å². The molecule has 3 heterocycles. The fraction of sp³-hybridized carbons (Fsp3) is 0.200. The Labute approximate surface area is 113 Å². The number of hydrogen-bond acceptors (Lipinski definition) is 9. The van der Waals surface area contributed by atoms with Gasteiger partial charge in [-0.3, -0.25) is 4.57 Å². The Morgan fingerprint density at radius 1 is 1.25 bits per heavy atom.